The summed E-state index contributed by atoms with van der Waals surface area (Å²) in [4.78, 5) is 4.40. The van der Waals surface area contributed by atoms with Crippen molar-refractivity contribution in [1.82, 2.24) is 9.55 Å². The van der Waals surface area contributed by atoms with E-state index in [4.69, 9.17) is 0 Å². The van der Waals surface area contributed by atoms with Gasteiger partial charge in [-0.05, 0) is 30.7 Å². The number of rotatable bonds is 21. The molecule has 0 aliphatic carbocycles. The number of hydrogen-bond donors (Lipinski definition) is 0. The van der Waals surface area contributed by atoms with Gasteiger partial charge in [0.2, 0.25) is 0 Å². The van der Waals surface area contributed by atoms with Crippen LogP contribution in [-0.2, 0) is 6.42 Å². The van der Waals surface area contributed by atoms with Crippen LogP contribution < -0.4 is 0 Å². The lowest BCUT2D eigenvalue weighted by Crippen LogP contribution is -2.21. The lowest BCUT2D eigenvalue weighted by molar-refractivity contribution is 0.275. The fourth-order valence-corrected chi connectivity index (χ4v) is 5.29. The van der Waals surface area contributed by atoms with Crippen LogP contribution in [0.1, 0.15) is 135 Å². The third kappa shape index (κ3) is 12.5. The minimum Gasteiger partial charge on any atom is -0.334 e. The van der Waals surface area contributed by atoms with Crippen molar-refractivity contribution in [1.29, 1.82) is 0 Å². The average molecular weight is 453 g/mol. The van der Waals surface area contributed by atoms with Crippen molar-refractivity contribution in [3.05, 3.63) is 54.6 Å². The molecule has 0 N–H and O–H groups in total. The Morgan fingerprint density at radius 1 is 0.667 bits per heavy atom. The molecule has 2 atom stereocenters. The zero-order valence-electron chi connectivity index (χ0n) is 21.9. The van der Waals surface area contributed by atoms with Crippen molar-refractivity contribution in [2.75, 3.05) is 0 Å². The molecule has 1 heterocycles. The molecule has 0 amide bonds. The highest BCUT2D eigenvalue weighted by atomic mass is 15.1. The Bertz CT molecular complexity index is 649. The molecule has 0 aliphatic heterocycles. The molecule has 0 spiro atoms. The van der Waals surface area contributed by atoms with Crippen LogP contribution >= 0.6 is 0 Å². The summed E-state index contributed by atoms with van der Waals surface area (Å²) < 4.78 is 2.41. The molecule has 0 radical (unpaired) electrons. The minimum atomic E-state index is 0.577. The fourth-order valence-electron chi connectivity index (χ4n) is 5.29. The molecule has 0 aliphatic rings. The summed E-state index contributed by atoms with van der Waals surface area (Å²) in [5.74, 6) is 0.696. The zero-order valence-corrected chi connectivity index (χ0v) is 21.9. The first-order chi connectivity index (χ1) is 16.3. The predicted octanol–water partition coefficient (Wildman–Crippen LogP) is 9.95. The van der Waals surface area contributed by atoms with Crippen LogP contribution in [0.5, 0.6) is 0 Å². The quantitative estimate of drug-likeness (QED) is 0.172. The normalized spacial score (nSPS) is 13.3. The third-order valence-electron chi connectivity index (χ3n) is 7.32. The first-order valence-electron chi connectivity index (χ1n) is 14.4. The summed E-state index contributed by atoms with van der Waals surface area (Å²) in [7, 11) is 0. The van der Waals surface area contributed by atoms with Gasteiger partial charge in [-0.1, -0.05) is 140 Å². The molecule has 33 heavy (non-hydrogen) atoms. The van der Waals surface area contributed by atoms with Crippen molar-refractivity contribution >= 4 is 0 Å². The largest absolute Gasteiger partial charge is 0.334 e. The van der Waals surface area contributed by atoms with Crippen LogP contribution in [0.15, 0.2) is 49.1 Å². The first-order valence-corrected chi connectivity index (χ1v) is 14.4. The van der Waals surface area contributed by atoms with E-state index < -0.39 is 0 Å². The van der Waals surface area contributed by atoms with Gasteiger partial charge < -0.3 is 4.57 Å². The van der Waals surface area contributed by atoms with Crippen LogP contribution in [0.3, 0.4) is 0 Å². The second-order valence-corrected chi connectivity index (χ2v) is 10.2. The van der Waals surface area contributed by atoms with E-state index in [9.17, 15) is 0 Å². The van der Waals surface area contributed by atoms with Crippen molar-refractivity contribution in [3.8, 4) is 0 Å². The highest BCUT2D eigenvalue weighted by molar-refractivity contribution is 5.15. The van der Waals surface area contributed by atoms with E-state index in [1.54, 1.807) is 0 Å². The van der Waals surface area contributed by atoms with Gasteiger partial charge in [-0.25, -0.2) is 4.98 Å². The highest BCUT2D eigenvalue weighted by Crippen LogP contribution is 2.32. The second-order valence-electron chi connectivity index (χ2n) is 10.2. The summed E-state index contributed by atoms with van der Waals surface area (Å²) in [6.45, 7) is 4.60. The lowest BCUT2D eigenvalue weighted by Gasteiger charge is -2.29. The van der Waals surface area contributed by atoms with Gasteiger partial charge in [0, 0.05) is 18.4 Å². The van der Waals surface area contributed by atoms with Gasteiger partial charge >= 0.3 is 0 Å². The monoisotopic (exact) mass is 452 g/mol. The summed E-state index contributed by atoms with van der Waals surface area (Å²) >= 11 is 0. The third-order valence-corrected chi connectivity index (χ3v) is 7.32. The van der Waals surface area contributed by atoms with Gasteiger partial charge in [-0.15, -0.1) is 0 Å². The molecule has 1 aromatic heterocycles. The minimum absolute atomic E-state index is 0.577. The first kappa shape index (κ1) is 27.7. The van der Waals surface area contributed by atoms with Gasteiger partial charge in [0.15, 0.2) is 0 Å². The maximum absolute atomic E-state index is 4.40. The van der Waals surface area contributed by atoms with Crippen LogP contribution in [0.25, 0.3) is 0 Å². The number of nitrogens with zero attached hydrogens (tertiary/aromatic N) is 2. The molecule has 0 saturated heterocycles. The van der Waals surface area contributed by atoms with E-state index in [1.807, 2.05) is 6.20 Å². The van der Waals surface area contributed by atoms with E-state index in [0.29, 0.717) is 12.0 Å². The van der Waals surface area contributed by atoms with Crippen molar-refractivity contribution < 1.29 is 0 Å². The van der Waals surface area contributed by atoms with Crippen LogP contribution in [-0.4, -0.2) is 9.55 Å². The van der Waals surface area contributed by atoms with Gasteiger partial charge in [-0.3, -0.25) is 0 Å². The Morgan fingerprint density at radius 2 is 1.21 bits per heavy atom. The smallest absolute Gasteiger partial charge is 0.0948 e. The molecule has 2 unspecified atom stereocenters. The van der Waals surface area contributed by atoms with Gasteiger partial charge in [0.05, 0.1) is 6.33 Å². The molecule has 0 fully saturated rings. The highest BCUT2D eigenvalue weighted by Gasteiger charge is 2.22. The molecule has 2 rings (SSSR count). The number of hydrogen-bond acceptors (Lipinski definition) is 1. The van der Waals surface area contributed by atoms with E-state index in [2.05, 4.69) is 66.3 Å². The van der Waals surface area contributed by atoms with Gasteiger partial charge in [0.1, 0.15) is 0 Å². The molecule has 2 nitrogen and oxygen atoms in total. The van der Waals surface area contributed by atoms with E-state index in [1.165, 1.54) is 121 Å². The Kier molecular flexibility index (Phi) is 15.8. The Hall–Kier alpha value is -1.57. The molecule has 0 bridgehead atoms. The maximum atomic E-state index is 4.40. The Balaban J connectivity index is 1.81. The second kappa shape index (κ2) is 18.8. The van der Waals surface area contributed by atoms with Crippen LogP contribution in [0.2, 0.25) is 0 Å². The molecule has 2 aromatic rings. The summed E-state index contributed by atoms with van der Waals surface area (Å²) in [6.07, 6.45) is 31.0. The summed E-state index contributed by atoms with van der Waals surface area (Å²) in [5, 5.41) is 0. The zero-order chi connectivity index (χ0) is 23.4. The van der Waals surface area contributed by atoms with E-state index in [0.717, 1.165) is 0 Å². The van der Waals surface area contributed by atoms with E-state index in [-0.39, 0.29) is 0 Å². The molecular formula is C31H52N2. The molecule has 186 valence electrons. The molecule has 0 saturated carbocycles. The molecule has 1 aromatic carbocycles. The Morgan fingerprint density at radius 3 is 1.79 bits per heavy atom. The van der Waals surface area contributed by atoms with Gasteiger partial charge in [-0.2, -0.15) is 0 Å². The van der Waals surface area contributed by atoms with Crippen molar-refractivity contribution in [2.45, 2.75) is 135 Å². The molecular weight excluding hydrogens is 400 g/mol. The molecule has 2 heteroatoms. The fraction of sp³-hybridized carbons (Fsp3) is 0.710. The lowest BCUT2D eigenvalue weighted by atomic mass is 9.84. The van der Waals surface area contributed by atoms with Crippen LogP contribution in [0, 0.1) is 5.92 Å². The number of unbranched alkanes of at least 4 members (excludes halogenated alkanes) is 13. The standard InChI is InChI=1S/C31H52N2/c1-3-5-7-9-10-11-12-13-14-15-19-23-30(27-29-21-17-16-18-22-29)31(24-20-8-6-4-2)33-26-25-32-28-33/h16-18,21-22,25-26,28,30-31H,3-15,19-20,23-24,27H2,1-2H3. The maximum Gasteiger partial charge on any atom is 0.0948 e. The number of imidazole rings is 1. The number of benzene rings is 1. The van der Waals surface area contributed by atoms with Gasteiger partial charge in [0.25, 0.3) is 0 Å². The van der Waals surface area contributed by atoms with Crippen molar-refractivity contribution in [2.24, 2.45) is 5.92 Å². The Labute approximate surface area is 205 Å². The average Bonchev–Trinajstić information content (AvgIpc) is 3.37. The number of aromatic nitrogens is 2. The van der Waals surface area contributed by atoms with Crippen molar-refractivity contribution in [3.63, 3.8) is 0 Å². The van der Waals surface area contributed by atoms with Crippen LogP contribution in [0.4, 0.5) is 0 Å². The summed E-state index contributed by atoms with van der Waals surface area (Å²) in [5.41, 5.74) is 1.49. The SMILES string of the molecule is CCCCCCCCCCCCCC(Cc1ccccc1)C(CCCCCC)n1ccnc1. The van der Waals surface area contributed by atoms with E-state index >= 15 is 0 Å². The topological polar surface area (TPSA) is 17.8 Å². The predicted molar refractivity (Wildman–Crippen MR) is 145 cm³/mol. The summed E-state index contributed by atoms with van der Waals surface area (Å²) in [6, 6.07) is 11.7.